The number of carboxylic acids is 1. The predicted octanol–water partition coefficient (Wildman–Crippen LogP) is 4.04. The highest BCUT2D eigenvalue weighted by Gasteiger charge is 2.16. The van der Waals surface area contributed by atoms with Crippen molar-refractivity contribution in [3.05, 3.63) is 52.5 Å². The topological polar surface area (TPSA) is 59.7 Å². The second kappa shape index (κ2) is 5.41. The SMILES string of the molecule is Cc1cc(C)c(C)c(OC(C)c2ccc(C(=O)O)o2)c1. The summed E-state index contributed by atoms with van der Waals surface area (Å²) >= 11 is 0. The summed E-state index contributed by atoms with van der Waals surface area (Å²) in [7, 11) is 0. The highest BCUT2D eigenvalue weighted by Crippen LogP contribution is 2.29. The van der Waals surface area contributed by atoms with Gasteiger partial charge in [0.2, 0.25) is 5.76 Å². The normalized spacial score (nSPS) is 12.2. The number of furan rings is 1. The molecule has 1 heterocycles. The number of aryl methyl sites for hydroxylation is 2. The minimum atomic E-state index is -1.08. The van der Waals surface area contributed by atoms with Crippen molar-refractivity contribution < 1.29 is 19.1 Å². The number of carbonyl (C=O) groups is 1. The molecule has 1 aromatic heterocycles. The van der Waals surface area contributed by atoms with Gasteiger partial charge < -0.3 is 14.3 Å². The van der Waals surface area contributed by atoms with E-state index in [0.717, 1.165) is 22.4 Å². The third kappa shape index (κ3) is 2.85. The van der Waals surface area contributed by atoms with E-state index in [1.54, 1.807) is 6.07 Å². The van der Waals surface area contributed by atoms with Crippen LogP contribution in [-0.4, -0.2) is 11.1 Å². The first kappa shape index (κ1) is 14.2. The summed E-state index contributed by atoms with van der Waals surface area (Å²) in [5, 5.41) is 8.85. The molecule has 0 aliphatic rings. The van der Waals surface area contributed by atoms with Crippen LogP contribution in [0.1, 0.15) is 46.0 Å². The van der Waals surface area contributed by atoms with Crippen molar-refractivity contribution in [1.29, 1.82) is 0 Å². The molecule has 0 saturated carbocycles. The Kier molecular flexibility index (Phi) is 3.84. The molecule has 2 aromatic rings. The number of carboxylic acid groups (broad SMARTS) is 1. The van der Waals surface area contributed by atoms with E-state index >= 15 is 0 Å². The molecule has 1 N–H and O–H groups in total. The van der Waals surface area contributed by atoms with Crippen molar-refractivity contribution in [3.8, 4) is 5.75 Å². The third-order valence-electron chi connectivity index (χ3n) is 3.31. The smallest absolute Gasteiger partial charge is 0.371 e. The molecule has 0 radical (unpaired) electrons. The summed E-state index contributed by atoms with van der Waals surface area (Å²) in [6, 6.07) is 7.14. The van der Waals surface area contributed by atoms with E-state index in [4.69, 9.17) is 14.3 Å². The molecule has 106 valence electrons. The zero-order chi connectivity index (χ0) is 14.9. The highest BCUT2D eigenvalue weighted by atomic mass is 16.5. The van der Waals surface area contributed by atoms with E-state index in [-0.39, 0.29) is 11.9 Å². The fourth-order valence-corrected chi connectivity index (χ4v) is 2.06. The molecule has 0 saturated heterocycles. The van der Waals surface area contributed by atoms with E-state index in [9.17, 15) is 4.79 Å². The van der Waals surface area contributed by atoms with Crippen LogP contribution in [0.5, 0.6) is 5.75 Å². The number of benzene rings is 1. The lowest BCUT2D eigenvalue weighted by Crippen LogP contribution is -2.04. The molecule has 0 aliphatic carbocycles. The van der Waals surface area contributed by atoms with Gasteiger partial charge in [-0.2, -0.15) is 0 Å². The fraction of sp³-hybridized carbons (Fsp3) is 0.312. The quantitative estimate of drug-likeness (QED) is 0.914. The zero-order valence-corrected chi connectivity index (χ0v) is 12.1. The summed E-state index contributed by atoms with van der Waals surface area (Å²) in [5.74, 6) is 0.142. The van der Waals surface area contributed by atoms with Gasteiger partial charge in [-0.3, -0.25) is 0 Å². The summed E-state index contributed by atoms with van der Waals surface area (Å²) in [5.41, 5.74) is 3.37. The summed E-state index contributed by atoms with van der Waals surface area (Å²) in [6.45, 7) is 7.89. The van der Waals surface area contributed by atoms with Gasteiger partial charge in [-0.05, 0) is 62.6 Å². The van der Waals surface area contributed by atoms with Crippen LogP contribution in [-0.2, 0) is 0 Å². The lowest BCUT2D eigenvalue weighted by atomic mass is 10.1. The van der Waals surface area contributed by atoms with Crippen LogP contribution >= 0.6 is 0 Å². The molecule has 0 bridgehead atoms. The molecule has 0 amide bonds. The maximum Gasteiger partial charge on any atom is 0.371 e. The number of ether oxygens (including phenoxy) is 1. The maximum absolute atomic E-state index is 10.8. The Morgan fingerprint density at radius 3 is 2.55 bits per heavy atom. The average Bonchev–Trinajstić information content (AvgIpc) is 2.85. The first-order chi connectivity index (χ1) is 9.38. The van der Waals surface area contributed by atoms with Gasteiger partial charge in [0, 0.05) is 0 Å². The molecule has 4 nitrogen and oxygen atoms in total. The Hall–Kier alpha value is -2.23. The highest BCUT2D eigenvalue weighted by molar-refractivity contribution is 5.84. The monoisotopic (exact) mass is 274 g/mol. The summed E-state index contributed by atoms with van der Waals surface area (Å²) in [4.78, 5) is 10.8. The molecule has 0 aliphatic heterocycles. The van der Waals surface area contributed by atoms with E-state index in [0.29, 0.717) is 5.76 Å². The van der Waals surface area contributed by atoms with Crippen molar-refractivity contribution in [1.82, 2.24) is 0 Å². The Morgan fingerprint density at radius 2 is 1.95 bits per heavy atom. The lowest BCUT2D eigenvalue weighted by molar-refractivity contribution is 0.0655. The van der Waals surface area contributed by atoms with Gasteiger partial charge >= 0.3 is 5.97 Å². The fourth-order valence-electron chi connectivity index (χ4n) is 2.06. The van der Waals surface area contributed by atoms with Gasteiger partial charge in [-0.25, -0.2) is 4.79 Å². The van der Waals surface area contributed by atoms with Crippen molar-refractivity contribution in [2.45, 2.75) is 33.8 Å². The van der Waals surface area contributed by atoms with Crippen molar-refractivity contribution >= 4 is 5.97 Å². The summed E-state index contributed by atoms with van der Waals surface area (Å²) < 4.78 is 11.2. The van der Waals surface area contributed by atoms with Gasteiger partial charge in [0.1, 0.15) is 11.5 Å². The van der Waals surface area contributed by atoms with Crippen LogP contribution in [0.4, 0.5) is 0 Å². The molecule has 20 heavy (non-hydrogen) atoms. The van der Waals surface area contributed by atoms with E-state index in [1.807, 2.05) is 33.8 Å². The van der Waals surface area contributed by atoms with Crippen molar-refractivity contribution in [2.75, 3.05) is 0 Å². The first-order valence-electron chi connectivity index (χ1n) is 6.46. The minimum Gasteiger partial charge on any atom is -0.482 e. The van der Waals surface area contributed by atoms with Crippen LogP contribution in [0.3, 0.4) is 0 Å². The maximum atomic E-state index is 10.8. The Bertz CT molecular complexity index is 640. The number of hydrogen-bond acceptors (Lipinski definition) is 3. The number of rotatable bonds is 4. The minimum absolute atomic E-state index is 0.0763. The molecular weight excluding hydrogens is 256 g/mol. The second-order valence-electron chi connectivity index (χ2n) is 4.97. The summed E-state index contributed by atoms with van der Waals surface area (Å²) in [6.07, 6.45) is -0.344. The molecule has 0 spiro atoms. The van der Waals surface area contributed by atoms with Crippen molar-refractivity contribution in [2.24, 2.45) is 0 Å². The Morgan fingerprint density at radius 1 is 1.25 bits per heavy atom. The van der Waals surface area contributed by atoms with Gasteiger partial charge in [0.15, 0.2) is 6.10 Å². The molecule has 1 atom stereocenters. The zero-order valence-electron chi connectivity index (χ0n) is 12.1. The third-order valence-corrected chi connectivity index (χ3v) is 3.31. The van der Waals surface area contributed by atoms with E-state index < -0.39 is 5.97 Å². The molecule has 2 rings (SSSR count). The largest absolute Gasteiger partial charge is 0.482 e. The Labute approximate surface area is 118 Å². The van der Waals surface area contributed by atoms with Gasteiger partial charge in [-0.1, -0.05) is 6.07 Å². The molecular formula is C16H18O4. The molecule has 4 heteroatoms. The molecule has 1 aromatic carbocycles. The van der Waals surface area contributed by atoms with Crippen molar-refractivity contribution in [3.63, 3.8) is 0 Å². The Balaban J connectivity index is 2.23. The predicted molar refractivity (Wildman–Crippen MR) is 75.4 cm³/mol. The molecule has 0 fully saturated rings. The van der Waals surface area contributed by atoms with Crippen LogP contribution in [0.15, 0.2) is 28.7 Å². The second-order valence-corrected chi connectivity index (χ2v) is 4.97. The van der Waals surface area contributed by atoms with Gasteiger partial charge in [0.05, 0.1) is 0 Å². The van der Waals surface area contributed by atoms with Crippen LogP contribution < -0.4 is 4.74 Å². The lowest BCUT2D eigenvalue weighted by Gasteiger charge is -2.16. The van der Waals surface area contributed by atoms with E-state index in [1.165, 1.54) is 6.07 Å². The number of hydrogen-bond donors (Lipinski definition) is 1. The number of aromatic carboxylic acids is 1. The van der Waals surface area contributed by atoms with Gasteiger partial charge in [0.25, 0.3) is 0 Å². The average molecular weight is 274 g/mol. The van der Waals surface area contributed by atoms with E-state index in [2.05, 4.69) is 6.07 Å². The van der Waals surface area contributed by atoms with Crippen LogP contribution in [0.2, 0.25) is 0 Å². The first-order valence-corrected chi connectivity index (χ1v) is 6.46. The van der Waals surface area contributed by atoms with Crippen LogP contribution in [0.25, 0.3) is 0 Å². The standard InChI is InChI=1S/C16H18O4/c1-9-7-10(2)11(3)15(8-9)19-12(4)13-5-6-14(20-13)16(17)18/h5-8,12H,1-4H3,(H,17,18). The van der Waals surface area contributed by atoms with Gasteiger partial charge in [-0.15, -0.1) is 0 Å². The van der Waals surface area contributed by atoms with Crippen LogP contribution in [0, 0.1) is 20.8 Å². The molecule has 1 unspecified atom stereocenters.